The number of anilines is 1. The lowest BCUT2D eigenvalue weighted by Gasteiger charge is -2.25. The molecule has 1 atom stereocenters. The number of hydrogen-bond acceptors (Lipinski definition) is 5. The summed E-state index contributed by atoms with van der Waals surface area (Å²) in [6.07, 6.45) is 11.3. The predicted octanol–water partition coefficient (Wildman–Crippen LogP) is 3.96. The molecule has 3 fully saturated rings. The normalized spacial score (nSPS) is 22.5. The van der Waals surface area contributed by atoms with Crippen LogP contribution in [0.5, 0.6) is 0 Å². The lowest BCUT2D eigenvalue weighted by Crippen LogP contribution is -2.44. The third-order valence-electron chi connectivity index (χ3n) is 6.47. The molecule has 6 heteroatoms. The Bertz CT molecular complexity index is 740. The lowest BCUT2D eigenvalue weighted by atomic mass is 9.82. The maximum absolute atomic E-state index is 12.0. The predicted molar refractivity (Wildman–Crippen MR) is 121 cm³/mol. The molecule has 1 saturated carbocycles. The molecule has 0 aromatic heterocycles. The van der Waals surface area contributed by atoms with Gasteiger partial charge in [-0.25, -0.2) is 0 Å². The van der Waals surface area contributed by atoms with Crippen LogP contribution in [-0.2, 0) is 9.59 Å². The van der Waals surface area contributed by atoms with Crippen LogP contribution in [-0.4, -0.2) is 37.7 Å². The van der Waals surface area contributed by atoms with Crippen molar-refractivity contribution in [2.45, 2.75) is 70.1 Å². The fourth-order valence-electron chi connectivity index (χ4n) is 4.65. The van der Waals surface area contributed by atoms with Crippen LogP contribution in [0.4, 0.5) is 5.69 Å². The average molecular weight is 413 g/mol. The van der Waals surface area contributed by atoms with Crippen LogP contribution >= 0.6 is 0 Å². The number of amides is 2. The van der Waals surface area contributed by atoms with Gasteiger partial charge in [0.2, 0.25) is 11.8 Å². The molecule has 0 radical (unpaired) electrons. The largest absolute Gasteiger partial charge is 0.388 e. The third kappa shape index (κ3) is 5.91. The molecule has 2 aliphatic heterocycles. The van der Waals surface area contributed by atoms with Crippen molar-refractivity contribution in [3.63, 3.8) is 0 Å². The molecule has 1 unspecified atom stereocenters. The number of rotatable bonds is 4. The van der Waals surface area contributed by atoms with E-state index in [2.05, 4.69) is 28.1 Å². The maximum Gasteiger partial charge on any atom is 0.235 e. The van der Waals surface area contributed by atoms with E-state index in [1.165, 1.54) is 70.0 Å². The van der Waals surface area contributed by atoms with Gasteiger partial charge in [-0.2, -0.15) is 0 Å². The van der Waals surface area contributed by atoms with Gasteiger partial charge in [-0.05, 0) is 62.7 Å². The average Bonchev–Trinajstić information content (AvgIpc) is 2.80. The van der Waals surface area contributed by atoms with Crippen molar-refractivity contribution in [2.24, 2.45) is 5.92 Å². The topological polar surface area (TPSA) is 94.1 Å². The minimum Gasteiger partial charge on any atom is -0.388 e. The SMILES string of the molecule is C1CCNCC1.CNc1cc(C2CCCCC2)ccc1C(=N)C1CCC(=O)NC1=O. The van der Waals surface area contributed by atoms with Crippen LogP contribution in [0, 0.1) is 11.3 Å². The van der Waals surface area contributed by atoms with Gasteiger partial charge in [-0.3, -0.25) is 14.9 Å². The molecule has 4 N–H and O–H groups in total. The number of nitrogens with one attached hydrogen (secondary N) is 4. The molecular formula is C24H36N4O2. The van der Waals surface area contributed by atoms with E-state index >= 15 is 0 Å². The molecule has 0 bridgehead atoms. The first-order chi connectivity index (χ1) is 14.6. The Morgan fingerprint density at radius 2 is 1.70 bits per heavy atom. The Morgan fingerprint density at radius 1 is 1.00 bits per heavy atom. The smallest absolute Gasteiger partial charge is 0.235 e. The van der Waals surface area contributed by atoms with E-state index in [1.54, 1.807) is 0 Å². The number of imide groups is 1. The number of carbonyl (C=O) groups excluding carboxylic acids is 2. The Balaban J connectivity index is 0.000000367. The summed E-state index contributed by atoms with van der Waals surface area (Å²) >= 11 is 0. The van der Waals surface area contributed by atoms with Crippen LogP contribution in [0.1, 0.15) is 81.3 Å². The van der Waals surface area contributed by atoms with E-state index in [4.69, 9.17) is 5.41 Å². The molecule has 2 amide bonds. The van der Waals surface area contributed by atoms with Crippen LogP contribution in [0.2, 0.25) is 0 Å². The van der Waals surface area contributed by atoms with Crippen LogP contribution in [0.3, 0.4) is 0 Å². The van der Waals surface area contributed by atoms with E-state index in [-0.39, 0.29) is 11.8 Å². The van der Waals surface area contributed by atoms with Gasteiger partial charge in [0.05, 0.1) is 11.6 Å². The third-order valence-corrected chi connectivity index (χ3v) is 6.47. The molecule has 2 saturated heterocycles. The molecule has 1 aromatic rings. The van der Waals surface area contributed by atoms with Gasteiger partial charge in [0.1, 0.15) is 0 Å². The molecule has 164 valence electrons. The lowest BCUT2D eigenvalue weighted by molar-refractivity contribution is -0.134. The van der Waals surface area contributed by atoms with Gasteiger partial charge < -0.3 is 16.0 Å². The van der Waals surface area contributed by atoms with E-state index < -0.39 is 5.92 Å². The molecule has 3 aliphatic rings. The first kappa shape index (κ1) is 22.5. The van der Waals surface area contributed by atoms with Crippen molar-refractivity contribution in [3.8, 4) is 0 Å². The van der Waals surface area contributed by atoms with Gasteiger partial charge in [0.15, 0.2) is 0 Å². The second-order valence-corrected chi connectivity index (χ2v) is 8.62. The fraction of sp³-hybridized carbons (Fsp3) is 0.625. The van der Waals surface area contributed by atoms with E-state index in [1.807, 2.05) is 13.1 Å². The molecule has 6 nitrogen and oxygen atoms in total. The summed E-state index contributed by atoms with van der Waals surface area (Å²) in [5.74, 6) is -0.541. The molecular weight excluding hydrogens is 376 g/mol. The van der Waals surface area contributed by atoms with Crippen molar-refractivity contribution >= 4 is 23.2 Å². The zero-order valence-electron chi connectivity index (χ0n) is 18.2. The highest BCUT2D eigenvalue weighted by molar-refractivity contribution is 6.17. The van der Waals surface area contributed by atoms with Crippen molar-refractivity contribution in [1.82, 2.24) is 10.6 Å². The van der Waals surface area contributed by atoms with Gasteiger partial charge in [-0.1, -0.05) is 37.8 Å². The van der Waals surface area contributed by atoms with Crippen LogP contribution < -0.4 is 16.0 Å². The minimum absolute atomic E-state index is 0.245. The van der Waals surface area contributed by atoms with Gasteiger partial charge in [-0.15, -0.1) is 0 Å². The highest BCUT2D eigenvalue weighted by atomic mass is 16.2. The Hall–Kier alpha value is -2.21. The number of carbonyl (C=O) groups is 2. The molecule has 4 rings (SSSR count). The Morgan fingerprint density at radius 3 is 2.27 bits per heavy atom. The van der Waals surface area contributed by atoms with Crippen molar-refractivity contribution in [1.29, 1.82) is 5.41 Å². The number of piperidine rings is 2. The minimum atomic E-state index is -0.546. The fourth-order valence-corrected chi connectivity index (χ4v) is 4.65. The van der Waals surface area contributed by atoms with Crippen molar-refractivity contribution in [2.75, 3.05) is 25.5 Å². The van der Waals surface area contributed by atoms with E-state index in [0.717, 1.165) is 11.3 Å². The number of hydrogen-bond donors (Lipinski definition) is 4. The summed E-state index contributed by atoms with van der Waals surface area (Å²) in [5, 5.41) is 17.3. The van der Waals surface area contributed by atoms with Crippen molar-refractivity contribution < 1.29 is 9.59 Å². The van der Waals surface area contributed by atoms with Crippen molar-refractivity contribution in [3.05, 3.63) is 29.3 Å². The highest BCUT2D eigenvalue weighted by Gasteiger charge is 2.31. The van der Waals surface area contributed by atoms with Crippen LogP contribution in [0.25, 0.3) is 0 Å². The van der Waals surface area contributed by atoms with Gasteiger partial charge >= 0.3 is 0 Å². The Labute approximate surface area is 180 Å². The summed E-state index contributed by atoms with van der Waals surface area (Å²) in [5.41, 5.74) is 3.26. The standard InChI is InChI=1S/C19H25N3O2.C5H11N/c1-21-16-11-13(12-5-3-2-4-6-12)7-8-14(16)18(20)15-9-10-17(23)22-19(15)24;1-2-4-6-5-3-1/h7-8,11-12,15,20-21H,2-6,9-10H2,1H3,(H,22,23,24);6H,1-5H2. The van der Waals surface area contributed by atoms with E-state index in [9.17, 15) is 9.59 Å². The monoisotopic (exact) mass is 412 g/mol. The number of benzene rings is 1. The van der Waals surface area contributed by atoms with Crippen LogP contribution in [0.15, 0.2) is 18.2 Å². The molecule has 0 spiro atoms. The van der Waals surface area contributed by atoms with Gasteiger partial charge in [0, 0.05) is 24.7 Å². The quantitative estimate of drug-likeness (QED) is 0.445. The summed E-state index contributed by atoms with van der Waals surface area (Å²) in [6, 6.07) is 6.19. The molecule has 30 heavy (non-hydrogen) atoms. The van der Waals surface area contributed by atoms with Gasteiger partial charge in [0.25, 0.3) is 0 Å². The zero-order chi connectivity index (χ0) is 21.3. The summed E-state index contributed by atoms with van der Waals surface area (Å²) < 4.78 is 0. The summed E-state index contributed by atoms with van der Waals surface area (Å²) in [7, 11) is 1.85. The maximum atomic E-state index is 12.0. The summed E-state index contributed by atoms with van der Waals surface area (Å²) in [4.78, 5) is 23.3. The highest BCUT2D eigenvalue weighted by Crippen LogP contribution is 2.35. The Kier molecular flexibility index (Phi) is 8.43. The molecule has 1 aliphatic carbocycles. The second kappa shape index (κ2) is 11.3. The molecule has 2 heterocycles. The zero-order valence-corrected chi connectivity index (χ0v) is 18.2. The first-order valence-corrected chi connectivity index (χ1v) is 11.5. The molecule has 1 aromatic carbocycles. The van der Waals surface area contributed by atoms with E-state index in [0.29, 0.717) is 24.5 Å². The second-order valence-electron chi connectivity index (χ2n) is 8.62. The summed E-state index contributed by atoms with van der Waals surface area (Å²) in [6.45, 7) is 2.50. The first-order valence-electron chi connectivity index (χ1n) is 11.5.